The second-order valence-electron chi connectivity index (χ2n) is 14.1. The Morgan fingerprint density at radius 3 is 1.40 bits per heavy atom. The molecule has 2 fully saturated rings. The standard InChI is InChI=1S/C48H52O9/c1-2-28-50-43-42(34-49-29-36-18-8-3-9-19-36)56-48(45(43)52-31-38-22-12-5-13-23-38)57-44-41(51-30-37-20-10-4-11-21-37)35-55-47(54-33-40-26-16-7-17-27-40)46(44)53-32-39-24-14-6-15-25-39/h2-27,41-48H,1,28-35H2/t41-,42+,43+,44+,45-,46-,47-,48-/m1/s1. The molecule has 0 spiro atoms. The van der Waals surface area contributed by atoms with Crippen LogP contribution in [0.15, 0.2) is 164 Å². The van der Waals surface area contributed by atoms with E-state index in [9.17, 15) is 0 Å². The maximum atomic E-state index is 7.12. The van der Waals surface area contributed by atoms with Gasteiger partial charge in [-0.1, -0.05) is 158 Å². The minimum atomic E-state index is -0.891. The minimum Gasteiger partial charge on any atom is -0.374 e. The van der Waals surface area contributed by atoms with E-state index in [0.717, 1.165) is 27.8 Å². The maximum absolute atomic E-state index is 7.12. The molecular formula is C48H52O9. The first-order valence-electron chi connectivity index (χ1n) is 19.6. The van der Waals surface area contributed by atoms with Crippen molar-refractivity contribution in [2.24, 2.45) is 0 Å². The van der Waals surface area contributed by atoms with Crippen LogP contribution in [0.4, 0.5) is 0 Å². The summed E-state index contributed by atoms with van der Waals surface area (Å²) >= 11 is 0. The van der Waals surface area contributed by atoms with Gasteiger partial charge in [0.25, 0.3) is 0 Å². The first-order chi connectivity index (χ1) is 28.2. The van der Waals surface area contributed by atoms with E-state index in [1.807, 2.05) is 152 Å². The lowest BCUT2D eigenvalue weighted by Crippen LogP contribution is -2.58. The summed E-state index contributed by atoms with van der Waals surface area (Å²) in [6.45, 7) is 6.34. The Kier molecular flexibility index (Phi) is 15.6. The van der Waals surface area contributed by atoms with Crippen LogP contribution in [0.3, 0.4) is 0 Å². The van der Waals surface area contributed by atoms with Crippen molar-refractivity contribution in [3.63, 3.8) is 0 Å². The van der Waals surface area contributed by atoms with Gasteiger partial charge in [-0.15, -0.1) is 6.58 Å². The molecule has 298 valence electrons. The fourth-order valence-electron chi connectivity index (χ4n) is 6.95. The van der Waals surface area contributed by atoms with Crippen molar-refractivity contribution in [3.8, 4) is 0 Å². The van der Waals surface area contributed by atoms with Gasteiger partial charge in [-0.2, -0.15) is 0 Å². The fraction of sp³-hybridized carbons (Fsp3) is 0.333. The monoisotopic (exact) mass is 772 g/mol. The lowest BCUT2D eigenvalue weighted by atomic mass is 10.0. The van der Waals surface area contributed by atoms with Gasteiger partial charge in [0.1, 0.15) is 36.6 Å². The second-order valence-corrected chi connectivity index (χ2v) is 14.1. The number of hydrogen-bond acceptors (Lipinski definition) is 9. The predicted molar refractivity (Wildman–Crippen MR) is 216 cm³/mol. The Balaban J connectivity index is 1.18. The third-order valence-corrected chi connectivity index (χ3v) is 9.88. The van der Waals surface area contributed by atoms with Gasteiger partial charge in [0.05, 0.1) is 52.9 Å². The lowest BCUT2D eigenvalue weighted by Gasteiger charge is -2.43. The smallest absolute Gasteiger partial charge is 0.187 e. The zero-order valence-corrected chi connectivity index (χ0v) is 32.2. The highest BCUT2D eigenvalue weighted by molar-refractivity contribution is 5.17. The molecule has 7 rings (SSSR count). The van der Waals surface area contributed by atoms with E-state index in [1.165, 1.54) is 0 Å². The van der Waals surface area contributed by atoms with Gasteiger partial charge in [0.2, 0.25) is 0 Å². The highest BCUT2D eigenvalue weighted by Crippen LogP contribution is 2.34. The van der Waals surface area contributed by atoms with Crippen LogP contribution in [-0.4, -0.2) is 69.0 Å². The molecule has 0 bridgehead atoms. The molecule has 2 aliphatic rings. The van der Waals surface area contributed by atoms with E-state index < -0.39 is 49.2 Å². The van der Waals surface area contributed by atoms with Crippen LogP contribution in [0.5, 0.6) is 0 Å². The molecule has 9 heteroatoms. The van der Waals surface area contributed by atoms with E-state index in [0.29, 0.717) is 39.6 Å². The normalized spacial score (nSPS) is 24.6. The second kappa shape index (κ2) is 21.9. The average molecular weight is 773 g/mol. The van der Waals surface area contributed by atoms with Crippen LogP contribution in [0, 0.1) is 0 Å². The lowest BCUT2D eigenvalue weighted by molar-refractivity contribution is -0.327. The highest BCUT2D eigenvalue weighted by Gasteiger charge is 2.52. The predicted octanol–water partition coefficient (Wildman–Crippen LogP) is 8.21. The molecule has 57 heavy (non-hydrogen) atoms. The molecule has 2 saturated heterocycles. The highest BCUT2D eigenvalue weighted by atomic mass is 16.8. The van der Waals surface area contributed by atoms with E-state index in [1.54, 1.807) is 6.08 Å². The molecule has 0 amide bonds. The zero-order chi connectivity index (χ0) is 38.9. The summed E-state index contributed by atoms with van der Waals surface area (Å²) in [7, 11) is 0. The fourth-order valence-corrected chi connectivity index (χ4v) is 6.95. The van der Waals surface area contributed by atoms with Crippen molar-refractivity contribution < 1.29 is 42.6 Å². The molecule has 5 aromatic carbocycles. The molecule has 2 heterocycles. The van der Waals surface area contributed by atoms with Crippen molar-refractivity contribution in [1.29, 1.82) is 0 Å². The average Bonchev–Trinajstić information content (AvgIpc) is 3.59. The van der Waals surface area contributed by atoms with Crippen LogP contribution in [0.2, 0.25) is 0 Å². The van der Waals surface area contributed by atoms with Crippen molar-refractivity contribution in [1.82, 2.24) is 0 Å². The first-order valence-corrected chi connectivity index (χ1v) is 19.6. The van der Waals surface area contributed by atoms with Gasteiger partial charge in [-0.05, 0) is 27.8 Å². The molecule has 0 aromatic heterocycles. The van der Waals surface area contributed by atoms with Crippen molar-refractivity contribution in [3.05, 3.63) is 192 Å². The Hall–Kier alpha value is -4.52. The summed E-state index contributed by atoms with van der Waals surface area (Å²) < 4.78 is 59.6. The molecular weight excluding hydrogens is 721 g/mol. The van der Waals surface area contributed by atoms with Crippen LogP contribution in [0.25, 0.3) is 0 Å². The molecule has 5 aromatic rings. The summed E-state index contributed by atoms with van der Waals surface area (Å²) in [6, 6.07) is 50.1. The molecule has 8 atom stereocenters. The van der Waals surface area contributed by atoms with E-state index >= 15 is 0 Å². The number of rotatable bonds is 21. The summed E-state index contributed by atoms with van der Waals surface area (Å²) in [5.74, 6) is 0. The minimum absolute atomic E-state index is 0.199. The Morgan fingerprint density at radius 1 is 0.474 bits per heavy atom. The first kappa shape index (κ1) is 40.7. The molecule has 0 saturated carbocycles. The Bertz CT molecular complexity index is 1850. The Morgan fingerprint density at radius 2 is 0.912 bits per heavy atom. The largest absolute Gasteiger partial charge is 0.374 e. The van der Waals surface area contributed by atoms with Crippen LogP contribution in [0.1, 0.15) is 27.8 Å². The zero-order valence-electron chi connectivity index (χ0n) is 32.2. The van der Waals surface area contributed by atoms with Crippen LogP contribution in [-0.2, 0) is 75.7 Å². The third kappa shape index (κ3) is 12.0. The van der Waals surface area contributed by atoms with Gasteiger partial charge in [-0.25, -0.2) is 0 Å². The summed E-state index contributed by atoms with van der Waals surface area (Å²) in [5, 5.41) is 0. The third-order valence-electron chi connectivity index (χ3n) is 9.88. The Labute approximate surface area is 336 Å². The van der Waals surface area contributed by atoms with E-state index in [-0.39, 0.29) is 13.2 Å². The van der Waals surface area contributed by atoms with Crippen LogP contribution < -0.4 is 0 Å². The van der Waals surface area contributed by atoms with Gasteiger partial charge in [0, 0.05) is 0 Å². The summed E-state index contributed by atoms with van der Waals surface area (Å²) in [4.78, 5) is 0. The molecule has 9 nitrogen and oxygen atoms in total. The van der Waals surface area contributed by atoms with E-state index in [4.69, 9.17) is 42.6 Å². The van der Waals surface area contributed by atoms with E-state index in [2.05, 4.69) is 6.58 Å². The molecule has 0 radical (unpaired) electrons. The SMILES string of the molecule is C=CCO[C@@H]1[C@@H](OCc2ccccc2)[C@@H](O[C@@H]2[C@@H](OCc3ccccc3)[C@H](OCc3ccccc3)OC[C@H]2OCc2ccccc2)O[C@H]1COCc1ccccc1. The number of benzene rings is 5. The molecule has 2 aliphatic heterocycles. The topological polar surface area (TPSA) is 83.1 Å². The quantitative estimate of drug-likeness (QED) is 0.0686. The maximum Gasteiger partial charge on any atom is 0.187 e. The van der Waals surface area contributed by atoms with Gasteiger partial charge in [-0.3, -0.25) is 0 Å². The van der Waals surface area contributed by atoms with Crippen LogP contribution >= 0.6 is 0 Å². The van der Waals surface area contributed by atoms with Gasteiger partial charge in [0.15, 0.2) is 12.6 Å². The summed E-state index contributed by atoms with van der Waals surface area (Å²) in [6.07, 6.45) is -3.63. The molecule has 0 N–H and O–H groups in total. The van der Waals surface area contributed by atoms with Gasteiger partial charge >= 0.3 is 0 Å². The van der Waals surface area contributed by atoms with Crippen molar-refractivity contribution in [2.75, 3.05) is 19.8 Å². The molecule has 0 unspecified atom stereocenters. The van der Waals surface area contributed by atoms with Crippen molar-refractivity contribution >= 4 is 0 Å². The van der Waals surface area contributed by atoms with Gasteiger partial charge < -0.3 is 42.6 Å². The van der Waals surface area contributed by atoms with Crippen molar-refractivity contribution in [2.45, 2.75) is 82.2 Å². The number of hydrogen-bond donors (Lipinski definition) is 0. The number of ether oxygens (including phenoxy) is 9. The summed E-state index contributed by atoms with van der Waals surface area (Å²) in [5.41, 5.74) is 5.10. The molecule has 0 aliphatic carbocycles.